The first-order chi connectivity index (χ1) is 8.74. The number of imidazole rings is 1. The lowest BCUT2D eigenvalue weighted by atomic mass is 10.3. The van der Waals surface area contributed by atoms with Crippen LogP contribution < -0.4 is 5.56 Å². The van der Waals surface area contributed by atoms with Gasteiger partial charge in [0, 0.05) is 24.7 Å². The summed E-state index contributed by atoms with van der Waals surface area (Å²) < 4.78 is 3.63. The summed E-state index contributed by atoms with van der Waals surface area (Å²) in [4.78, 5) is 16.2. The second-order valence-electron chi connectivity index (χ2n) is 4.32. The predicted molar refractivity (Wildman–Crippen MR) is 69.7 cm³/mol. The third-order valence-corrected chi connectivity index (χ3v) is 2.96. The molecule has 4 nitrogen and oxygen atoms in total. The van der Waals surface area contributed by atoms with E-state index in [0.717, 1.165) is 16.9 Å². The van der Waals surface area contributed by atoms with E-state index in [4.69, 9.17) is 0 Å². The van der Waals surface area contributed by atoms with Gasteiger partial charge in [-0.2, -0.15) is 0 Å². The Morgan fingerprint density at radius 1 is 1.17 bits per heavy atom. The number of rotatable bonds is 2. The largest absolute Gasteiger partial charge is 0.309 e. The van der Waals surface area contributed by atoms with Crippen LogP contribution in [0.1, 0.15) is 11.3 Å². The molecule has 0 unspecified atom stereocenters. The third kappa shape index (κ3) is 1.82. The lowest BCUT2D eigenvalue weighted by Gasteiger charge is -2.00. The van der Waals surface area contributed by atoms with Crippen LogP contribution in [-0.2, 0) is 6.54 Å². The van der Waals surface area contributed by atoms with Crippen molar-refractivity contribution in [1.29, 1.82) is 0 Å². The first-order valence-corrected chi connectivity index (χ1v) is 5.83. The normalized spacial score (nSPS) is 10.9. The second-order valence-corrected chi connectivity index (χ2v) is 4.32. The number of aromatic nitrogens is 3. The van der Waals surface area contributed by atoms with Crippen molar-refractivity contribution in [2.75, 3.05) is 0 Å². The maximum Gasteiger partial charge on any atom is 0.250 e. The smallest absolute Gasteiger partial charge is 0.250 e. The maximum absolute atomic E-state index is 11.6. The minimum Gasteiger partial charge on any atom is -0.309 e. The molecule has 0 spiro atoms. The highest BCUT2D eigenvalue weighted by Crippen LogP contribution is 2.10. The molecule has 3 heterocycles. The fourth-order valence-electron chi connectivity index (χ4n) is 2.05. The van der Waals surface area contributed by atoms with Gasteiger partial charge in [0.2, 0.25) is 0 Å². The van der Waals surface area contributed by atoms with Crippen molar-refractivity contribution >= 4 is 5.65 Å². The summed E-state index contributed by atoms with van der Waals surface area (Å²) in [6.45, 7) is 2.53. The lowest BCUT2D eigenvalue weighted by molar-refractivity contribution is 0.744. The number of hydrogen-bond donors (Lipinski definition) is 0. The number of nitrogens with zero attached hydrogens (tertiary/aromatic N) is 3. The number of hydrogen-bond acceptors (Lipinski definition) is 2. The van der Waals surface area contributed by atoms with Crippen molar-refractivity contribution < 1.29 is 0 Å². The molecule has 0 saturated carbocycles. The van der Waals surface area contributed by atoms with Gasteiger partial charge in [0.05, 0.1) is 12.2 Å². The van der Waals surface area contributed by atoms with Gasteiger partial charge in [-0.1, -0.05) is 12.1 Å². The fourth-order valence-corrected chi connectivity index (χ4v) is 2.05. The van der Waals surface area contributed by atoms with E-state index >= 15 is 0 Å². The summed E-state index contributed by atoms with van der Waals surface area (Å²) in [5.41, 5.74) is 2.95. The third-order valence-electron chi connectivity index (χ3n) is 2.96. The highest BCUT2D eigenvalue weighted by Gasteiger charge is 2.04. The standard InChI is InChI=1S/C14H13N3O/c1-11-5-4-8-17-10-12(15-14(11)17)9-16-7-3-2-6-13(16)18/h2-8,10H,9H2,1H3. The highest BCUT2D eigenvalue weighted by atomic mass is 16.1. The Labute approximate surface area is 104 Å². The van der Waals surface area contributed by atoms with Crippen LogP contribution >= 0.6 is 0 Å². The van der Waals surface area contributed by atoms with Crippen LogP contribution in [0.2, 0.25) is 0 Å². The van der Waals surface area contributed by atoms with Gasteiger partial charge < -0.3 is 8.97 Å². The molecule has 90 valence electrons. The topological polar surface area (TPSA) is 39.3 Å². The second kappa shape index (κ2) is 4.14. The summed E-state index contributed by atoms with van der Waals surface area (Å²) in [7, 11) is 0. The van der Waals surface area contributed by atoms with Gasteiger partial charge in [-0.25, -0.2) is 4.98 Å². The molecular formula is C14H13N3O. The molecule has 0 aliphatic rings. The number of fused-ring (bicyclic) bond motifs is 1. The van der Waals surface area contributed by atoms with Crippen LogP contribution in [0, 0.1) is 6.92 Å². The van der Waals surface area contributed by atoms with Gasteiger partial charge >= 0.3 is 0 Å². The Kier molecular flexibility index (Phi) is 2.48. The van der Waals surface area contributed by atoms with E-state index in [1.807, 2.05) is 41.9 Å². The molecule has 3 aromatic heterocycles. The van der Waals surface area contributed by atoms with E-state index in [9.17, 15) is 4.79 Å². The van der Waals surface area contributed by atoms with Crippen molar-refractivity contribution in [2.45, 2.75) is 13.5 Å². The van der Waals surface area contributed by atoms with Crippen LogP contribution in [-0.4, -0.2) is 14.0 Å². The highest BCUT2D eigenvalue weighted by molar-refractivity contribution is 5.47. The van der Waals surface area contributed by atoms with Crippen LogP contribution in [0.15, 0.2) is 53.7 Å². The van der Waals surface area contributed by atoms with E-state index < -0.39 is 0 Å². The molecule has 3 aromatic rings. The Hall–Kier alpha value is -2.36. The SMILES string of the molecule is Cc1cccn2cc(Cn3ccccc3=O)nc12. The van der Waals surface area contributed by atoms with Crippen LogP contribution in [0.3, 0.4) is 0 Å². The molecule has 0 aliphatic carbocycles. The van der Waals surface area contributed by atoms with Gasteiger partial charge in [0.1, 0.15) is 5.65 Å². The van der Waals surface area contributed by atoms with Crippen LogP contribution in [0.5, 0.6) is 0 Å². The molecule has 0 N–H and O–H groups in total. The summed E-state index contributed by atoms with van der Waals surface area (Å²) in [6, 6.07) is 9.17. The van der Waals surface area contributed by atoms with E-state index in [-0.39, 0.29) is 5.56 Å². The average molecular weight is 239 g/mol. The van der Waals surface area contributed by atoms with Gasteiger partial charge in [0.25, 0.3) is 5.56 Å². The molecule has 0 radical (unpaired) electrons. The van der Waals surface area contributed by atoms with E-state index in [1.54, 1.807) is 22.9 Å². The van der Waals surface area contributed by atoms with Crippen LogP contribution in [0.25, 0.3) is 5.65 Å². The van der Waals surface area contributed by atoms with Gasteiger partial charge in [-0.05, 0) is 24.6 Å². The van der Waals surface area contributed by atoms with Gasteiger partial charge in [-0.3, -0.25) is 4.79 Å². The minimum absolute atomic E-state index is 0.00808. The fraction of sp³-hybridized carbons (Fsp3) is 0.143. The predicted octanol–water partition coefficient (Wildman–Crippen LogP) is 1.85. The molecule has 18 heavy (non-hydrogen) atoms. The maximum atomic E-state index is 11.6. The molecule has 4 heteroatoms. The molecule has 0 bridgehead atoms. The number of pyridine rings is 2. The van der Waals surface area contributed by atoms with E-state index in [2.05, 4.69) is 4.98 Å². The zero-order chi connectivity index (χ0) is 12.5. The first kappa shape index (κ1) is 10.8. The van der Waals surface area contributed by atoms with E-state index in [0.29, 0.717) is 6.54 Å². The van der Waals surface area contributed by atoms with Crippen LogP contribution in [0.4, 0.5) is 0 Å². The molecule has 0 aliphatic heterocycles. The zero-order valence-electron chi connectivity index (χ0n) is 10.1. The van der Waals surface area contributed by atoms with Crippen molar-refractivity contribution in [1.82, 2.24) is 14.0 Å². The molecule has 0 fully saturated rings. The van der Waals surface area contributed by atoms with Gasteiger partial charge in [-0.15, -0.1) is 0 Å². The summed E-state index contributed by atoms with van der Waals surface area (Å²) in [5.74, 6) is 0. The number of aryl methyl sites for hydroxylation is 1. The van der Waals surface area contributed by atoms with Crippen molar-refractivity contribution in [3.8, 4) is 0 Å². The van der Waals surface area contributed by atoms with Crippen molar-refractivity contribution in [3.05, 3.63) is 70.5 Å². The summed E-state index contributed by atoms with van der Waals surface area (Å²) in [6.07, 6.45) is 5.70. The Morgan fingerprint density at radius 2 is 2.06 bits per heavy atom. The zero-order valence-corrected chi connectivity index (χ0v) is 10.1. The monoisotopic (exact) mass is 239 g/mol. The lowest BCUT2D eigenvalue weighted by Crippen LogP contribution is -2.18. The quantitative estimate of drug-likeness (QED) is 0.684. The Morgan fingerprint density at radius 3 is 2.83 bits per heavy atom. The molecule has 3 rings (SSSR count). The summed E-state index contributed by atoms with van der Waals surface area (Å²) in [5, 5.41) is 0. The Balaban J connectivity index is 2.04. The first-order valence-electron chi connectivity index (χ1n) is 5.83. The van der Waals surface area contributed by atoms with Crippen molar-refractivity contribution in [2.24, 2.45) is 0 Å². The average Bonchev–Trinajstić information content (AvgIpc) is 2.76. The Bertz CT molecular complexity index is 755. The molecule has 0 atom stereocenters. The van der Waals surface area contributed by atoms with E-state index in [1.165, 1.54) is 0 Å². The van der Waals surface area contributed by atoms with Gasteiger partial charge in [0.15, 0.2) is 0 Å². The molecular weight excluding hydrogens is 226 g/mol. The minimum atomic E-state index is -0.00808. The summed E-state index contributed by atoms with van der Waals surface area (Å²) >= 11 is 0. The molecule has 0 aromatic carbocycles. The van der Waals surface area contributed by atoms with Crippen molar-refractivity contribution in [3.63, 3.8) is 0 Å². The molecule has 0 saturated heterocycles. The molecule has 0 amide bonds.